The van der Waals surface area contributed by atoms with Gasteiger partial charge in [-0.25, -0.2) is 29.4 Å². The number of carbonyl (C=O) groups is 6. The Morgan fingerprint density at radius 2 is 0.986 bits per heavy atom. The number of pyridine rings is 2. The van der Waals surface area contributed by atoms with Gasteiger partial charge in [0.2, 0.25) is 0 Å². The van der Waals surface area contributed by atoms with Crippen molar-refractivity contribution in [2.24, 2.45) is 0 Å². The summed E-state index contributed by atoms with van der Waals surface area (Å²) in [7, 11) is 0. The molecule has 0 radical (unpaired) electrons. The van der Waals surface area contributed by atoms with Gasteiger partial charge >= 0.3 is 42.9 Å². The van der Waals surface area contributed by atoms with Crippen molar-refractivity contribution in [3.63, 3.8) is 0 Å². The first kappa shape index (κ1) is 58.6. The number of halogens is 4. The van der Waals surface area contributed by atoms with Crippen molar-refractivity contribution in [1.29, 1.82) is 10.5 Å². The summed E-state index contributed by atoms with van der Waals surface area (Å²) in [4.78, 5) is 89.5. The minimum absolute atomic E-state index is 0. The van der Waals surface area contributed by atoms with Gasteiger partial charge < -0.3 is 25.1 Å². The number of esters is 1. The Kier molecular flexibility index (Phi) is 22.1. The van der Waals surface area contributed by atoms with Crippen LogP contribution in [-0.4, -0.2) is 96.9 Å². The third-order valence-electron chi connectivity index (χ3n) is 11.5. The summed E-state index contributed by atoms with van der Waals surface area (Å²) in [5.74, 6) is -1.95. The van der Waals surface area contributed by atoms with E-state index in [1.165, 1.54) is 29.2 Å². The van der Waals surface area contributed by atoms with E-state index in [0.29, 0.717) is 69.2 Å². The van der Waals surface area contributed by atoms with Crippen molar-refractivity contribution < 1.29 is 62.9 Å². The second-order valence-electron chi connectivity index (χ2n) is 16.4. The fraction of sp³-hybridized carbons (Fsp3) is 0.375. The molecule has 2 unspecified atom stereocenters. The Balaban J connectivity index is 0.000000361. The number of ether oxygens (including phenoxy) is 1. The topological polar surface area (TPSA) is 248 Å². The number of unbranched alkanes of at least 4 members (excludes halogenated alkanes) is 4. The molecule has 2 atom stereocenters. The van der Waals surface area contributed by atoms with Gasteiger partial charge in [0.25, 0.3) is 11.8 Å². The molecule has 6 amide bonds. The summed E-state index contributed by atoms with van der Waals surface area (Å²) < 4.78 is 4.95. The van der Waals surface area contributed by atoms with Gasteiger partial charge in [-0.05, 0) is 106 Å². The number of benzene rings is 2. The van der Waals surface area contributed by atoms with Gasteiger partial charge in [-0.2, -0.15) is 10.5 Å². The van der Waals surface area contributed by atoms with E-state index in [2.05, 4.69) is 22.1 Å². The number of hydrogen-bond acceptors (Lipinski definition) is 12. The summed E-state index contributed by atoms with van der Waals surface area (Å²) in [6.07, 6.45) is 4.40. The van der Waals surface area contributed by atoms with Gasteiger partial charge in [0.05, 0.1) is 41.2 Å². The molecule has 22 heteroatoms. The number of carboxylic acid groups (broad SMARTS) is 1. The fourth-order valence-corrected chi connectivity index (χ4v) is 8.95. The van der Waals surface area contributed by atoms with E-state index in [1.807, 2.05) is 0 Å². The Bertz CT molecular complexity index is 2590. The predicted molar refractivity (Wildman–Crippen MR) is 257 cm³/mol. The third-order valence-corrected chi connectivity index (χ3v) is 12.3. The van der Waals surface area contributed by atoms with E-state index in [-0.39, 0.29) is 88.1 Å². The van der Waals surface area contributed by atoms with Crippen molar-refractivity contribution in [2.75, 3.05) is 29.5 Å². The number of aromatic nitrogens is 2. The number of rotatable bonds is 19. The first-order valence-corrected chi connectivity index (χ1v) is 23.2. The Hall–Kier alpha value is -5.74. The summed E-state index contributed by atoms with van der Waals surface area (Å²) in [6.45, 7) is 6.14. The monoisotopic (exact) mass is 1030 g/mol. The molecule has 2 aliphatic rings. The molecule has 17 nitrogen and oxygen atoms in total. The van der Waals surface area contributed by atoms with Crippen molar-refractivity contribution in [2.45, 2.75) is 96.1 Å². The molecule has 0 spiro atoms. The van der Waals surface area contributed by atoms with E-state index in [0.717, 1.165) is 20.9 Å². The van der Waals surface area contributed by atoms with Crippen LogP contribution in [0.25, 0.3) is 0 Å². The van der Waals surface area contributed by atoms with Crippen molar-refractivity contribution >= 4 is 93.6 Å². The van der Waals surface area contributed by atoms with Gasteiger partial charge in [0, 0.05) is 38.8 Å². The standard InChI is InChI=1S/C25H26Cl2N4O4.C23H22Cl2N4O4.Li.H2O/c1-3-35-22(32)7-5-4-6-12-30-24(34)31(19-13-20(26)29-21(27)14-19)23(33)25(30,2)15-17-8-10-18(16-28)11-9-17;1-23(13-15-6-8-16(14-26)9-7-15)21(32)29(17-11-18(24)27-19(25)12-17)22(33)28(23)10-4-2-3-5-20(30)31;;/h8-11,13-14H,3-7,12,15H2,1-2H3;6-9,11-12H,2-5,10,13H2,1H3,(H,30,31);;1H2/q;;+1;/p-1. The molecule has 2 fully saturated rings. The van der Waals surface area contributed by atoms with Crippen LogP contribution in [0.5, 0.6) is 0 Å². The molecule has 6 rings (SSSR count). The first-order chi connectivity index (χ1) is 32.3. The smallest absolute Gasteiger partial charge is 0.870 e. The zero-order valence-corrected chi connectivity index (χ0v) is 42.0. The number of nitriles is 2. The van der Waals surface area contributed by atoms with Crippen LogP contribution in [0.4, 0.5) is 21.0 Å². The van der Waals surface area contributed by atoms with Crippen LogP contribution in [0, 0.1) is 22.7 Å². The molecule has 2 aromatic carbocycles. The van der Waals surface area contributed by atoms with Gasteiger partial charge in [-0.3, -0.25) is 19.2 Å². The minimum atomic E-state index is -1.19. The molecule has 364 valence electrons. The zero-order chi connectivity index (χ0) is 49.8. The van der Waals surface area contributed by atoms with Crippen LogP contribution in [0.1, 0.15) is 94.4 Å². The van der Waals surface area contributed by atoms with Crippen LogP contribution < -0.4 is 28.7 Å². The summed E-state index contributed by atoms with van der Waals surface area (Å²) in [5.41, 5.74) is 0.725. The number of hydrogen-bond donors (Lipinski definition) is 1. The number of anilines is 2. The summed E-state index contributed by atoms with van der Waals surface area (Å²) in [5, 5.41) is 27.2. The van der Waals surface area contributed by atoms with Crippen molar-refractivity contribution in [3.05, 3.63) is 116 Å². The number of amides is 6. The van der Waals surface area contributed by atoms with E-state index in [4.69, 9.17) is 66.8 Å². The first-order valence-electron chi connectivity index (χ1n) is 21.7. The Morgan fingerprint density at radius 1 is 0.629 bits per heavy atom. The van der Waals surface area contributed by atoms with E-state index in [9.17, 15) is 28.8 Å². The predicted octanol–water partition coefficient (Wildman–Crippen LogP) is 6.66. The molecule has 2 N–H and O–H groups in total. The minimum Gasteiger partial charge on any atom is -0.870 e. The molecule has 2 aliphatic heterocycles. The van der Waals surface area contributed by atoms with Gasteiger partial charge in [0.15, 0.2) is 0 Å². The Labute approximate surface area is 437 Å². The normalized spacial score (nSPS) is 17.3. The number of aliphatic carboxylic acids is 1. The van der Waals surface area contributed by atoms with Crippen LogP contribution >= 0.6 is 46.4 Å². The molecule has 4 aromatic rings. The van der Waals surface area contributed by atoms with E-state index >= 15 is 0 Å². The van der Waals surface area contributed by atoms with Gasteiger partial charge in [-0.15, -0.1) is 0 Å². The number of imide groups is 2. The summed E-state index contributed by atoms with van der Waals surface area (Å²) >= 11 is 24.1. The van der Waals surface area contributed by atoms with E-state index < -0.39 is 40.9 Å². The second-order valence-corrected chi connectivity index (χ2v) is 18.0. The average Bonchev–Trinajstić information content (AvgIpc) is 3.58. The maximum absolute atomic E-state index is 13.7. The maximum Gasteiger partial charge on any atom is 1.00 e. The number of carboxylic acids is 1. The quantitative estimate of drug-likeness (QED) is 0.0340. The number of nitrogens with zero attached hydrogens (tertiary/aromatic N) is 8. The number of urea groups is 2. The molecule has 0 aliphatic carbocycles. The van der Waals surface area contributed by atoms with E-state index in [1.54, 1.807) is 74.2 Å². The molecule has 2 aromatic heterocycles. The molecule has 70 heavy (non-hydrogen) atoms. The number of carbonyl (C=O) groups excluding carboxylic acids is 5. The van der Waals surface area contributed by atoms with Gasteiger partial charge in [0.1, 0.15) is 31.7 Å². The molecule has 4 heterocycles. The van der Waals surface area contributed by atoms with Crippen molar-refractivity contribution in [3.8, 4) is 12.1 Å². The molecule has 2 saturated heterocycles. The average molecular weight is 1030 g/mol. The second kappa shape index (κ2) is 26.5. The molecule has 0 saturated carbocycles. The van der Waals surface area contributed by atoms with Crippen LogP contribution in [-0.2, 0) is 36.8 Å². The summed E-state index contributed by atoms with van der Waals surface area (Å²) in [6, 6.07) is 22.6. The molecular formula is C48H49Cl4LiN8O9. The van der Waals surface area contributed by atoms with Crippen LogP contribution in [0.3, 0.4) is 0 Å². The molecule has 0 bridgehead atoms. The maximum atomic E-state index is 13.7. The largest absolute Gasteiger partial charge is 1.00 e. The molecular weight excluding hydrogens is 981 g/mol. The Morgan fingerprint density at radius 3 is 1.31 bits per heavy atom. The van der Waals surface area contributed by atoms with Crippen LogP contribution in [0.15, 0.2) is 72.8 Å². The van der Waals surface area contributed by atoms with Crippen molar-refractivity contribution in [1.82, 2.24) is 19.8 Å². The fourth-order valence-electron chi connectivity index (χ4n) is 8.06. The SMILES string of the molecule is CC1(Cc2ccc(C#N)cc2)C(=O)N(c2cc(Cl)nc(Cl)c2)C(=O)N1CCCCCC(=O)O.CCOC(=O)CCCCCN1C(=O)N(c2cc(Cl)nc(Cl)c2)C(=O)C1(C)Cc1ccc(C#N)cc1.[Li+].[OH-]. The zero-order valence-electron chi connectivity index (χ0n) is 39.0. The third kappa shape index (κ3) is 14.4. The van der Waals surface area contributed by atoms with Crippen LogP contribution in [0.2, 0.25) is 20.6 Å². The van der Waals surface area contributed by atoms with Gasteiger partial charge in [-0.1, -0.05) is 83.5 Å².